The first-order valence-electron chi connectivity index (χ1n) is 7.90. The zero-order chi connectivity index (χ0) is 18.1. The van der Waals surface area contributed by atoms with Gasteiger partial charge in [0.05, 0.1) is 19.1 Å². The summed E-state index contributed by atoms with van der Waals surface area (Å²) in [6, 6.07) is 14.6. The third kappa shape index (κ3) is 5.93. The molecule has 132 valence electrons. The molecule has 2 aromatic rings. The molecule has 0 aromatic heterocycles. The summed E-state index contributed by atoms with van der Waals surface area (Å²) in [5.41, 5.74) is 2.38. The average Bonchev–Trinajstić information content (AvgIpc) is 2.64. The Labute approximate surface area is 146 Å². The molecule has 6 heteroatoms. The number of carbonyl (C=O) groups excluding carboxylic acids is 1. The molecule has 0 spiro atoms. The Kier molecular flexibility index (Phi) is 6.98. The van der Waals surface area contributed by atoms with E-state index in [0.29, 0.717) is 25.3 Å². The van der Waals surface area contributed by atoms with Crippen LogP contribution < -0.4 is 10.1 Å². The molecule has 2 N–H and O–H groups in total. The van der Waals surface area contributed by atoms with Crippen LogP contribution in [-0.2, 0) is 22.7 Å². The van der Waals surface area contributed by atoms with Crippen molar-refractivity contribution in [3.63, 3.8) is 0 Å². The Hall–Kier alpha value is -2.86. The van der Waals surface area contributed by atoms with E-state index < -0.39 is 5.97 Å². The fourth-order valence-corrected chi connectivity index (χ4v) is 2.23. The second-order valence-electron chi connectivity index (χ2n) is 5.41. The number of methoxy groups -OCH3 is 1. The second-order valence-corrected chi connectivity index (χ2v) is 5.41. The van der Waals surface area contributed by atoms with Crippen LogP contribution in [0.2, 0.25) is 0 Å². The van der Waals surface area contributed by atoms with Gasteiger partial charge in [0.1, 0.15) is 12.4 Å². The molecular formula is C19H21NO5. The average molecular weight is 343 g/mol. The summed E-state index contributed by atoms with van der Waals surface area (Å²) in [6.45, 7) is 1.30. The molecule has 2 rings (SSSR count). The Morgan fingerprint density at radius 2 is 1.80 bits per heavy atom. The van der Waals surface area contributed by atoms with Crippen LogP contribution in [0.15, 0.2) is 48.5 Å². The summed E-state index contributed by atoms with van der Waals surface area (Å²) in [5.74, 6) is -0.458. The number of carbonyl (C=O) groups is 2. The number of para-hydroxylation sites is 1. The van der Waals surface area contributed by atoms with Gasteiger partial charge >= 0.3 is 11.9 Å². The lowest BCUT2D eigenvalue weighted by atomic mass is 10.1. The number of benzene rings is 2. The van der Waals surface area contributed by atoms with E-state index in [2.05, 4.69) is 10.1 Å². The van der Waals surface area contributed by atoms with Crippen molar-refractivity contribution in [1.29, 1.82) is 0 Å². The van der Waals surface area contributed by atoms with E-state index in [-0.39, 0.29) is 12.4 Å². The lowest BCUT2D eigenvalue weighted by molar-refractivity contribution is -0.136. The minimum Gasteiger partial charge on any atom is -0.489 e. The van der Waals surface area contributed by atoms with Crippen molar-refractivity contribution in [2.45, 2.75) is 19.6 Å². The number of aliphatic carboxylic acids is 1. The van der Waals surface area contributed by atoms with Gasteiger partial charge in [-0.25, -0.2) is 4.79 Å². The molecule has 0 bridgehead atoms. The van der Waals surface area contributed by atoms with Gasteiger partial charge in [0.25, 0.3) is 0 Å². The normalized spacial score (nSPS) is 10.3. The van der Waals surface area contributed by atoms with Gasteiger partial charge in [-0.1, -0.05) is 30.3 Å². The molecule has 0 fully saturated rings. The summed E-state index contributed by atoms with van der Waals surface area (Å²) >= 11 is 0. The fourth-order valence-electron chi connectivity index (χ4n) is 2.23. The largest absolute Gasteiger partial charge is 0.489 e. The van der Waals surface area contributed by atoms with Crippen molar-refractivity contribution in [2.75, 3.05) is 13.7 Å². The number of nitrogens with one attached hydrogen (secondary N) is 1. The van der Waals surface area contributed by atoms with Gasteiger partial charge in [-0.2, -0.15) is 0 Å². The Morgan fingerprint density at radius 3 is 2.48 bits per heavy atom. The summed E-state index contributed by atoms with van der Waals surface area (Å²) in [7, 11) is 1.35. The van der Waals surface area contributed by atoms with Gasteiger partial charge in [-0.3, -0.25) is 4.79 Å². The maximum absolute atomic E-state index is 11.4. The molecule has 0 atom stereocenters. The number of esters is 1. The monoisotopic (exact) mass is 343 g/mol. The molecule has 25 heavy (non-hydrogen) atoms. The van der Waals surface area contributed by atoms with E-state index in [1.807, 2.05) is 36.4 Å². The van der Waals surface area contributed by atoms with E-state index in [4.69, 9.17) is 9.84 Å². The molecule has 0 aliphatic carbocycles. The Bertz CT molecular complexity index is 712. The summed E-state index contributed by atoms with van der Waals surface area (Å²) < 4.78 is 10.5. The van der Waals surface area contributed by atoms with E-state index in [1.165, 1.54) is 7.11 Å². The number of carboxylic acids is 1. The SMILES string of the molecule is COC(=O)c1ccc(COc2ccccc2CNCCC(=O)O)cc1. The van der Waals surface area contributed by atoms with Crippen LogP contribution in [0.25, 0.3) is 0 Å². The molecule has 2 aromatic carbocycles. The molecule has 0 saturated heterocycles. The van der Waals surface area contributed by atoms with Crippen LogP contribution in [0.5, 0.6) is 5.75 Å². The zero-order valence-corrected chi connectivity index (χ0v) is 14.0. The fraction of sp³-hybridized carbons (Fsp3) is 0.263. The zero-order valence-electron chi connectivity index (χ0n) is 14.0. The molecule has 0 heterocycles. The van der Waals surface area contributed by atoms with Crippen LogP contribution in [0.4, 0.5) is 0 Å². The summed E-state index contributed by atoms with van der Waals surface area (Å²) in [6.07, 6.45) is 0.0789. The highest BCUT2D eigenvalue weighted by Gasteiger charge is 2.06. The molecule has 0 aliphatic rings. The van der Waals surface area contributed by atoms with Gasteiger partial charge in [0.2, 0.25) is 0 Å². The first kappa shape index (κ1) is 18.5. The topological polar surface area (TPSA) is 84.9 Å². The summed E-state index contributed by atoms with van der Waals surface area (Å²) in [5, 5.41) is 11.7. The second kappa shape index (κ2) is 9.44. The van der Waals surface area contributed by atoms with Gasteiger partial charge in [-0.05, 0) is 23.8 Å². The van der Waals surface area contributed by atoms with Crippen LogP contribution in [0.1, 0.15) is 27.9 Å². The third-order valence-corrected chi connectivity index (χ3v) is 3.57. The highest BCUT2D eigenvalue weighted by atomic mass is 16.5. The third-order valence-electron chi connectivity index (χ3n) is 3.57. The predicted octanol–water partition coefficient (Wildman–Crippen LogP) is 2.62. The number of hydrogen-bond donors (Lipinski definition) is 2. The molecular weight excluding hydrogens is 322 g/mol. The molecule has 6 nitrogen and oxygen atoms in total. The van der Waals surface area contributed by atoms with E-state index >= 15 is 0 Å². The Morgan fingerprint density at radius 1 is 1.08 bits per heavy atom. The van der Waals surface area contributed by atoms with Crippen LogP contribution in [-0.4, -0.2) is 30.7 Å². The van der Waals surface area contributed by atoms with Crippen molar-refractivity contribution >= 4 is 11.9 Å². The maximum atomic E-state index is 11.4. The minimum atomic E-state index is -0.826. The van der Waals surface area contributed by atoms with E-state index in [0.717, 1.165) is 16.9 Å². The molecule has 0 aliphatic heterocycles. The Balaban J connectivity index is 1.92. The quantitative estimate of drug-likeness (QED) is 0.538. The number of carboxylic acid groups (broad SMARTS) is 1. The van der Waals surface area contributed by atoms with Crippen molar-refractivity contribution < 1.29 is 24.2 Å². The van der Waals surface area contributed by atoms with Crippen LogP contribution in [0, 0.1) is 0 Å². The minimum absolute atomic E-state index is 0.0789. The molecule has 0 radical (unpaired) electrons. The van der Waals surface area contributed by atoms with Gasteiger partial charge in [0.15, 0.2) is 0 Å². The van der Waals surface area contributed by atoms with Crippen molar-refractivity contribution in [3.8, 4) is 5.75 Å². The first-order valence-corrected chi connectivity index (χ1v) is 7.90. The standard InChI is InChI=1S/C19H21NO5/c1-24-19(23)15-8-6-14(7-9-15)13-25-17-5-3-2-4-16(17)12-20-11-10-18(21)22/h2-9,20H,10-13H2,1H3,(H,21,22). The van der Waals surface area contributed by atoms with Gasteiger partial charge in [0, 0.05) is 18.7 Å². The van der Waals surface area contributed by atoms with E-state index in [1.54, 1.807) is 12.1 Å². The van der Waals surface area contributed by atoms with Gasteiger partial charge in [-0.15, -0.1) is 0 Å². The van der Waals surface area contributed by atoms with Gasteiger partial charge < -0.3 is 19.9 Å². The smallest absolute Gasteiger partial charge is 0.337 e. The molecule has 0 saturated carbocycles. The van der Waals surface area contributed by atoms with Crippen LogP contribution in [0.3, 0.4) is 0 Å². The number of rotatable bonds is 9. The molecule has 0 unspecified atom stereocenters. The number of hydrogen-bond acceptors (Lipinski definition) is 5. The maximum Gasteiger partial charge on any atom is 0.337 e. The van der Waals surface area contributed by atoms with E-state index in [9.17, 15) is 9.59 Å². The summed E-state index contributed by atoms with van der Waals surface area (Å²) in [4.78, 5) is 21.9. The van der Waals surface area contributed by atoms with Crippen molar-refractivity contribution in [3.05, 3.63) is 65.2 Å². The first-order chi connectivity index (χ1) is 12.1. The number of ether oxygens (including phenoxy) is 2. The van der Waals surface area contributed by atoms with Crippen LogP contribution >= 0.6 is 0 Å². The lowest BCUT2D eigenvalue weighted by Gasteiger charge is -2.12. The lowest BCUT2D eigenvalue weighted by Crippen LogP contribution is -2.18. The predicted molar refractivity (Wildman–Crippen MR) is 92.5 cm³/mol. The molecule has 0 amide bonds. The van der Waals surface area contributed by atoms with Crippen molar-refractivity contribution in [1.82, 2.24) is 5.32 Å². The highest BCUT2D eigenvalue weighted by Crippen LogP contribution is 2.19. The van der Waals surface area contributed by atoms with Crippen molar-refractivity contribution in [2.24, 2.45) is 0 Å². The highest BCUT2D eigenvalue weighted by molar-refractivity contribution is 5.89.